The minimum atomic E-state index is -5.46. The Morgan fingerprint density at radius 1 is 0.615 bits per heavy atom. The van der Waals surface area contributed by atoms with Gasteiger partial charge in [-0.1, -0.05) is 155 Å². The largest absolute Gasteiger partial charge is 0.416 e. The van der Waals surface area contributed by atoms with Crippen LogP contribution in [0, 0.1) is 17.5 Å². The Balaban J connectivity index is 0.000000300. The van der Waals surface area contributed by atoms with E-state index in [4.69, 9.17) is 37.0 Å². The number of rotatable bonds is 26. The molecule has 2 aromatic heterocycles. The molecule has 0 aliphatic heterocycles. The molecular formula is C74H80F8N8O4S2. The normalized spacial score (nSPS) is 22.0. The number of thioether (sulfide) groups is 2. The van der Waals surface area contributed by atoms with Crippen molar-refractivity contribution < 1.29 is 88.6 Å². The van der Waals surface area contributed by atoms with Crippen LogP contribution in [0.2, 0.25) is 0 Å². The number of amides is 2. The summed E-state index contributed by atoms with van der Waals surface area (Å²) in [6, 6.07) is -4.89. The molecule has 2 aliphatic carbocycles. The highest BCUT2D eigenvalue weighted by Gasteiger charge is 2.33. The Labute approximate surface area is 608 Å². The quantitative estimate of drug-likeness (QED) is 0.0295. The number of aromatic nitrogens is 4. The summed E-state index contributed by atoms with van der Waals surface area (Å²) in [7, 11) is 0. The predicted octanol–water partition coefficient (Wildman–Crippen LogP) is 15.2. The summed E-state index contributed by atoms with van der Waals surface area (Å²) in [6.45, 7) is -12.9. The van der Waals surface area contributed by atoms with Crippen LogP contribution in [0.15, 0.2) is 165 Å². The molecule has 0 spiro atoms. The van der Waals surface area contributed by atoms with Crippen LogP contribution in [-0.2, 0) is 78.5 Å². The number of carbonyl (C=O) groups excluding carboxylic acids is 2. The van der Waals surface area contributed by atoms with Crippen molar-refractivity contribution >= 4 is 35.3 Å². The molecule has 0 N–H and O–H groups in total. The Morgan fingerprint density at radius 2 is 1.15 bits per heavy atom. The molecule has 2 atom stereocenters. The fourth-order valence-corrected chi connectivity index (χ4v) is 10.9. The van der Waals surface area contributed by atoms with Gasteiger partial charge in [0.2, 0.25) is 11.8 Å². The summed E-state index contributed by atoms with van der Waals surface area (Å²) in [5, 5.41) is -1.38. The van der Waals surface area contributed by atoms with Gasteiger partial charge in [0, 0.05) is 87.1 Å². The van der Waals surface area contributed by atoms with Crippen molar-refractivity contribution in [3.8, 4) is 22.3 Å². The molecule has 2 amide bonds. The van der Waals surface area contributed by atoms with E-state index in [1.54, 1.807) is 13.8 Å². The van der Waals surface area contributed by atoms with Crippen molar-refractivity contribution in [1.82, 2.24) is 38.7 Å². The highest BCUT2D eigenvalue weighted by Crippen LogP contribution is 2.35. The van der Waals surface area contributed by atoms with Gasteiger partial charge in [-0.15, -0.1) is 0 Å². The number of hydrogen-bond acceptors (Lipinski definition) is 10. The summed E-state index contributed by atoms with van der Waals surface area (Å²) in [4.78, 5) is 66.7. The van der Waals surface area contributed by atoms with E-state index in [0.29, 0.717) is 74.7 Å². The van der Waals surface area contributed by atoms with E-state index >= 15 is 4.79 Å². The van der Waals surface area contributed by atoms with E-state index in [-0.39, 0.29) is 46.0 Å². The minimum absolute atomic E-state index is 0.0182. The number of hydrogen-bond donors (Lipinski definition) is 0. The maximum absolute atomic E-state index is 15.1. The van der Waals surface area contributed by atoms with Crippen LogP contribution >= 0.6 is 23.5 Å². The van der Waals surface area contributed by atoms with Crippen molar-refractivity contribution in [3.63, 3.8) is 0 Å². The van der Waals surface area contributed by atoms with Crippen molar-refractivity contribution in [2.75, 3.05) is 52.2 Å². The maximum Gasteiger partial charge on any atom is 0.416 e. The van der Waals surface area contributed by atoms with Crippen LogP contribution in [0.25, 0.3) is 22.3 Å². The van der Waals surface area contributed by atoms with Crippen LogP contribution in [-0.4, -0.2) is 103 Å². The second-order valence-corrected chi connectivity index (χ2v) is 22.2. The number of benzene rings is 6. The maximum atomic E-state index is 15.1. The molecule has 0 radical (unpaired) electrons. The topological polar surface area (TPSA) is 117 Å². The lowest BCUT2D eigenvalue weighted by Gasteiger charge is -2.33. The molecule has 0 saturated carbocycles. The molecule has 6 aromatic carbocycles. The van der Waals surface area contributed by atoms with Crippen molar-refractivity contribution in [1.29, 1.82) is 0 Å². The number of likely N-dealkylation sites (N-methyl/N-ethyl adjacent to an activating group) is 2. The summed E-state index contributed by atoms with van der Waals surface area (Å²) >= 11 is 0.163. The van der Waals surface area contributed by atoms with Crippen LogP contribution in [0.1, 0.15) is 154 Å². The number of carbonyl (C=O) groups is 2. The Bertz CT molecular complexity index is 5700. The van der Waals surface area contributed by atoms with Gasteiger partial charge < -0.3 is 28.7 Å². The van der Waals surface area contributed by atoms with Gasteiger partial charge in [-0.05, 0) is 164 Å². The van der Waals surface area contributed by atoms with Crippen molar-refractivity contribution in [2.45, 2.75) is 133 Å². The number of halogens is 8. The lowest BCUT2D eigenvalue weighted by atomic mass is 9.99. The van der Waals surface area contributed by atoms with Gasteiger partial charge in [0.25, 0.3) is 11.1 Å². The van der Waals surface area contributed by atoms with Crippen LogP contribution in [0.3, 0.4) is 0 Å². The fourth-order valence-electron chi connectivity index (χ4n) is 9.43. The van der Waals surface area contributed by atoms with Gasteiger partial charge in [-0.3, -0.25) is 19.2 Å². The molecule has 2 aliphatic rings. The lowest BCUT2D eigenvalue weighted by molar-refractivity contribution is -0.138. The molecule has 2 unspecified atom stereocenters. The van der Waals surface area contributed by atoms with E-state index in [1.807, 2.05) is 0 Å². The standard InChI is InChI=1S/2C37H40F4N4O2S/c1-4-43(5-2)18-19-44(22-26-6-10-28(11-7-26)29-12-14-30(15-13-29)37(39,40)41)34(46)23-45-33-21-25(3)20-32(33)35(47)42-36(45)48-24-27-8-16-31(38)17-9-27;1-4-43(5-2)21-22-44(25(3)27-11-13-28(14-12-27)29-15-17-30(18-16-29)37(39,40)41)34(46)23-45-33-8-6-7-32(33)35(47)42-36(45)48-24-26-9-19-31(38)20-10-26/h6-17,25H,4-5,18-24H2,1-3H3;9-20,25H,4-8,21-24H2,1-3H3/i4D2,5D2,6D,7D,8D,9D,10D,11D,12D,13D,14D,15D,16D,17D,20D2,21D2,22D2,24D2,25D;21D2,22D2,24D2,25D. The van der Waals surface area contributed by atoms with Crippen LogP contribution < -0.4 is 11.1 Å². The zero-order valence-corrected chi connectivity index (χ0v) is 53.5. The minimum Gasteiger partial charge on any atom is -0.336 e. The first-order valence-electron chi connectivity index (χ1n) is 45.2. The monoisotopic (exact) mass is 1390 g/mol. The lowest BCUT2D eigenvalue weighted by Crippen LogP contribution is -2.42. The van der Waals surface area contributed by atoms with E-state index in [9.17, 15) is 56.4 Å². The number of nitrogens with zero attached hydrogens (tertiary/aromatic N) is 8. The smallest absolute Gasteiger partial charge is 0.336 e. The second kappa shape index (κ2) is 32.9. The summed E-state index contributed by atoms with van der Waals surface area (Å²) < 4.78 is 389. The third-order valence-corrected chi connectivity index (χ3v) is 16.1. The van der Waals surface area contributed by atoms with Crippen molar-refractivity contribution in [2.24, 2.45) is 5.89 Å². The van der Waals surface area contributed by atoms with Gasteiger partial charge in [-0.2, -0.15) is 36.3 Å². The SMILES string of the molecule is [2H]C([2H])(Sc1nc(=O)c2c(n1CC(=O)N(C([2H])(C)c1ccc(-c3ccc(C(F)(F)F)cc3)cc1)C([2H])([2H])C([2H])([2H])N(CC)CC)CCC2)c1ccc(F)cc1.[2H]c1c([2H])c(C([2H])([2H])Sc2nc(=O)c3c(n2CC(=O)N(CCN(C([2H])([2H])C)C([2H])([2H])C)C([2H])([2H])c2c([2H])c([2H])c(-c4c([2H])c([2H])c(C(F)(F)F)c([2H])c4[2H])c([2H])c2[2H])C([2H])([2H])C([2H])(C)C3([2H])[2H])c([2H])c([2H])c1F. The van der Waals surface area contributed by atoms with Gasteiger partial charge in [-0.25, -0.2) is 8.78 Å². The van der Waals surface area contributed by atoms with Gasteiger partial charge in [0.05, 0.1) is 40.4 Å². The first-order valence-corrected chi connectivity index (χ1v) is 30.8. The number of alkyl halides is 6. The van der Waals surface area contributed by atoms with E-state index in [1.165, 1.54) is 64.9 Å². The summed E-state index contributed by atoms with van der Waals surface area (Å²) in [5.74, 6) is -8.15. The zero-order chi connectivity index (χ0) is 97.3. The summed E-state index contributed by atoms with van der Waals surface area (Å²) in [5.41, 5.74) is -16.6. The Hall–Kier alpha value is -7.92. The molecule has 8 aromatic rings. The second-order valence-electron chi connectivity index (χ2n) is 20.7. The average molecular weight is 1390 g/mol. The third-order valence-electron chi connectivity index (χ3n) is 14.4. The van der Waals surface area contributed by atoms with Crippen molar-refractivity contribution in [3.05, 3.63) is 234 Å². The Kier molecular flexibility index (Phi) is 13.9. The van der Waals surface area contributed by atoms with E-state index in [2.05, 4.69) is 9.97 Å². The van der Waals surface area contributed by atoms with Crippen LogP contribution in [0.4, 0.5) is 35.1 Å². The van der Waals surface area contributed by atoms with Crippen LogP contribution in [0.5, 0.6) is 0 Å². The zero-order valence-electron chi connectivity index (χ0n) is 83.8. The van der Waals surface area contributed by atoms with E-state index < -0.39 is 264 Å². The summed E-state index contributed by atoms with van der Waals surface area (Å²) in [6.07, 6.45) is -15.6. The first kappa shape index (κ1) is 40.7. The van der Waals surface area contributed by atoms with Gasteiger partial charge in [0.1, 0.15) is 24.7 Å². The molecule has 96 heavy (non-hydrogen) atoms. The average Bonchev–Trinajstić information content (AvgIpc) is 1.52. The molecule has 508 valence electrons. The van der Waals surface area contributed by atoms with Gasteiger partial charge >= 0.3 is 12.4 Å². The highest BCUT2D eigenvalue weighted by molar-refractivity contribution is 7.98. The molecule has 22 heteroatoms. The highest BCUT2D eigenvalue weighted by atomic mass is 32.2. The molecule has 0 bridgehead atoms. The molecule has 0 fully saturated rings. The molecule has 0 saturated heterocycles. The van der Waals surface area contributed by atoms with E-state index in [0.717, 1.165) is 38.1 Å². The molecular weight excluding hydrogens is 1280 g/mol. The molecule has 2 heterocycles. The third kappa shape index (κ3) is 18.8. The molecule has 12 nitrogen and oxygen atoms in total. The predicted molar refractivity (Wildman–Crippen MR) is 362 cm³/mol. The Morgan fingerprint density at radius 3 is 1.72 bits per heavy atom. The molecule has 10 rings (SSSR count). The number of fused-ring (bicyclic) bond motifs is 2. The first-order chi connectivity index (χ1) is 58.2. The fraction of sp³-hybridized carbons (Fsp3) is 0.378. The van der Waals surface area contributed by atoms with Gasteiger partial charge in [0.15, 0.2) is 10.3 Å².